The Kier molecular flexibility index (Phi) is 5.28. The van der Waals surface area contributed by atoms with E-state index in [9.17, 15) is 13.2 Å². The van der Waals surface area contributed by atoms with E-state index in [1.807, 2.05) is 36.2 Å². The number of thioether (sulfide) groups is 2. The number of fused-ring (bicyclic) bond motifs is 1. The van der Waals surface area contributed by atoms with Crippen molar-refractivity contribution < 1.29 is 13.2 Å². The Morgan fingerprint density at radius 2 is 1.76 bits per heavy atom. The maximum absolute atomic E-state index is 13.1. The predicted octanol–water partition coefficient (Wildman–Crippen LogP) is 3.90. The molecule has 0 bridgehead atoms. The number of hydrogen-bond donors (Lipinski definition) is 0. The van der Waals surface area contributed by atoms with Gasteiger partial charge in [0.25, 0.3) is 15.9 Å². The van der Waals surface area contributed by atoms with E-state index in [0.717, 1.165) is 27.4 Å². The van der Waals surface area contributed by atoms with Gasteiger partial charge in [0, 0.05) is 18.5 Å². The summed E-state index contributed by atoms with van der Waals surface area (Å²) in [4.78, 5) is 18.0. The van der Waals surface area contributed by atoms with E-state index in [0.29, 0.717) is 4.91 Å². The van der Waals surface area contributed by atoms with Gasteiger partial charge in [-0.3, -0.25) is 9.69 Å². The van der Waals surface area contributed by atoms with E-state index in [-0.39, 0.29) is 22.5 Å². The molecular weight excluding hydrogens is 426 g/mol. The average molecular weight is 444 g/mol. The van der Waals surface area contributed by atoms with Crippen molar-refractivity contribution in [2.75, 3.05) is 18.5 Å². The first-order valence-corrected chi connectivity index (χ1v) is 11.7. The minimum Gasteiger partial charge on any atom is -0.337 e. The second-order valence-corrected chi connectivity index (χ2v) is 9.84. The number of sulfonamides is 1. The Morgan fingerprint density at radius 1 is 1.07 bits per heavy atom. The Labute approximate surface area is 178 Å². The van der Waals surface area contributed by atoms with Crippen LogP contribution in [0.5, 0.6) is 0 Å². The molecule has 2 aliphatic rings. The molecule has 0 saturated carbocycles. The highest BCUT2D eigenvalue weighted by atomic mass is 32.2. The number of hydrogen-bond acceptors (Lipinski definition) is 6. The number of carbonyl (C=O) groups is 1. The number of carbonyl (C=O) groups excluding carboxylic acids is 1. The van der Waals surface area contributed by atoms with Gasteiger partial charge in [-0.1, -0.05) is 48.2 Å². The van der Waals surface area contributed by atoms with Crippen LogP contribution in [0.25, 0.3) is 0 Å². The molecule has 0 spiro atoms. The topological polar surface area (TPSA) is 70.1 Å². The van der Waals surface area contributed by atoms with Gasteiger partial charge in [0.2, 0.25) is 0 Å². The van der Waals surface area contributed by atoms with Crippen molar-refractivity contribution in [3.8, 4) is 0 Å². The molecule has 2 heterocycles. The summed E-state index contributed by atoms with van der Waals surface area (Å²) in [5.74, 6) is -0.279. The van der Waals surface area contributed by atoms with Gasteiger partial charge in [-0.05, 0) is 36.0 Å². The minimum atomic E-state index is -3.94. The zero-order valence-electron chi connectivity index (χ0n) is 15.5. The molecule has 0 atom stereocenters. The van der Waals surface area contributed by atoms with Crippen LogP contribution in [0.15, 0.2) is 91.4 Å². The largest absolute Gasteiger partial charge is 0.337 e. The highest BCUT2D eigenvalue weighted by Gasteiger charge is 2.39. The van der Waals surface area contributed by atoms with Crippen LogP contribution < -0.4 is 4.90 Å². The predicted molar refractivity (Wildman–Crippen MR) is 118 cm³/mol. The van der Waals surface area contributed by atoms with Gasteiger partial charge >= 0.3 is 0 Å². The van der Waals surface area contributed by atoms with Gasteiger partial charge < -0.3 is 4.90 Å². The zero-order chi connectivity index (χ0) is 20.6. The summed E-state index contributed by atoms with van der Waals surface area (Å²) in [6.45, 7) is 3.85. The molecule has 0 unspecified atom stereocenters. The van der Waals surface area contributed by atoms with Crippen LogP contribution in [0, 0.1) is 0 Å². The van der Waals surface area contributed by atoms with E-state index < -0.39 is 10.0 Å². The van der Waals surface area contributed by atoms with Crippen molar-refractivity contribution >= 4 is 50.3 Å². The third kappa shape index (κ3) is 3.61. The third-order valence-electron chi connectivity index (χ3n) is 4.35. The second kappa shape index (κ2) is 7.74. The SMILES string of the molecule is C=CCN1C(=O)/C(=C2/Sc3ccccc3N2C)SC1=NS(=O)(=O)c1ccccc1. The van der Waals surface area contributed by atoms with Crippen LogP contribution in [-0.4, -0.2) is 38.0 Å². The van der Waals surface area contributed by atoms with E-state index in [1.165, 1.54) is 28.8 Å². The fraction of sp³-hybridized carbons (Fsp3) is 0.100. The molecule has 1 saturated heterocycles. The summed E-state index contributed by atoms with van der Waals surface area (Å²) in [7, 11) is -2.04. The van der Waals surface area contributed by atoms with Crippen LogP contribution >= 0.6 is 23.5 Å². The summed E-state index contributed by atoms with van der Waals surface area (Å²) in [5, 5.41) is 0.892. The normalized spacial score (nSPS) is 20.4. The lowest BCUT2D eigenvalue weighted by atomic mass is 10.3. The van der Waals surface area contributed by atoms with Gasteiger partial charge in [0.1, 0.15) is 4.91 Å². The van der Waals surface area contributed by atoms with Crippen molar-refractivity contribution in [2.24, 2.45) is 4.40 Å². The molecule has 0 N–H and O–H groups in total. The molecule has 148 valence electrons. The van der Waals surface area contributed by atoms with Gasteiger partial charge in [0.15, 0.2) is 5.17 Å². The number of amidine groups is 1. The molecule has 9 heteroatoms. The smallest absolute Gasteiger partial charge is 0.284 e. The van der Waals surface area contributed by atoms with E-state index in [2.05, 4.69) is 11.0 Å². The fourth-order valence-electron chi connectivity index (χ4n) is 2.94. The lowest BCUT2D eigenvalue weighted by molar-refractivity contribution is -0.121. The molecular formula is C20H17N3O3S3. The summed E-state index contributed by atoms with van der Waals surface area (Å²) >= 11 is 2.57. The quantitative estimate of drug-likeness (QED) is 0.527. The van der Waals surface area contributed by atoms with Gasteiger partial charge in [-0.15, -0.1) is 11.0 Å². The number of para-hydroxylation sites is 1. The first kappa shape index (κ1) is 19.8. The Balaban J connectivity index is 1.76. The van der Waals surface area contributed by atoms with Crippen molar-refractivity contribution in [3.05, 3.63) is 77.2 Å². The van der Waals surface area contributed by atoms with Crippen LogP contribution in [0.4, 0.5) is 5.69 Å². The number of rotatable bonds is 4. The summed E-state index contributed by atoms with van der Waals surface area (Å²) in [5.41, 5.74) is 1.01. The summed E-state index contributed by atoms with van der Waals surface area (Å²) in [6, 6.07) is 15.8. The number of benzene rings is 2. The molecule has 6 nitrogen and oxygen atoms in total. The fourth-order valence-corrected chi connectivity index (χ4v) is 6.50. The van der Waals surface area contributed by atoms with E-state index >= 15 is 0 Å². The molecule has 2 aliphatic heterocycles. The maximum Gasteiger partial charge on any atom is 0.284 e. The first-order valence-electron chi connectivity index (χ1n) is 8.68. The van der Waals surface area contributed by atoms with Gasteiger partial charge in [-0.2, -0.15) is 8.42 Å². The maximum atomic E-state index is 13.1. The van der Waals surface area contributed by atoms with Crippen molar-refractivity contribution in [3.63, 3.8) is 0 Å². The molecule has 0 aliphatic carbocycles. The molecule has 2 aromatic rings. The van der Waals surface area contributed by atoms with Crippen LogP contribution in [-0.2, 0) is 14.8 Å². The molecule has 0 radical (unpaired) electrons. The zero-order valence-corrected chi connectivity index (χ0v) is 17.9. The van der Waals surface area contributed by atoms with Crippen LogP contribution in [0.3, 0.4) is 0 Å². The van der Waals surface area contributed by atoms with E-state index in [1.54, 1.807) is 24.3 Å². The summed E-state index contributed by atoms with van der Waals surface area (Å²) < 4.78 is 29.4. The standard InChI is InChI=1S/C20H17N3O3S3/c1-3-13-23-18(24)17(19-22(2)15-11-7-8-12-16(15)27-19)28-20(23)21-29(25,26)14-9-5-4-6-10-14/h3-12H,1,13H2,2H3/b19-17-,21-20?. The first-order chi connectivity index (χ1) is 13.9. The molecule has 2 aromatic carbocycles. The Bertz CT molecular complexity index is 1160. The number of anilines is 1. The molecule has 4 rings (SSSR count). The van der Waals surface area contributed by atoms with Crippen molar-refractivity contribution in [2.45, 2.75) is 9.79 Å². The van der Waals surface area contributed by atoms with Crippen LogP contribution in [0.1, 0.15) is 0 Å². The Morgan fingerprint density at radius 3 is 2.45 bits per heavy atom. The Hall–Kier alpha value is -2.49. The lowest BCUT2D eigenvalue weighted by Gasteiger charge is -2.15. The monoisotopic (exact) mass is 443 g/mol. The summed E-state index contributed by atoms with van der Waals surface area (Å²) in [6.07, 6.45) is 1.55. The highest BCUT2D eigenvalue weighted by molar-refractivity contribution is 8.19. The van der Waals surface area contributed by atoms with Crippen molar-refractivity contribution in [1.29, 1.82) is 0 Å². The van der Waals surface area contributed by atoms with Crippen molar-refractivity contribution in [1.82, 2.24) is 4.90 Å². The third-order valence-corrected chi connectivity index (χ3v) is 8.18. The van der Waals surface area contributed by atoms with E-state index in [4.69, 9.17) is 0 Å². The van der Waals surface area contributed by atoms with Gasteiger partial charge in [-0.25, -0.2) is 0 Å². The molecule has 1 amide bonds. The second-order valence-electron chi connectivity index (χ2n) is 6.23. The number of amides is 1. The average Bonchev–Trinajstić information content (AvgIpc) is 3.20. The van der Waals surface area contributed by atoms with Crippen LogP contribution in [0.2, 0.25) is 0 Å². The molecule has 29 heavy (non-hydrogen) atoms. The lowest BCUT2D eigenvalue weighted by Crippen LogP contribution is -2.30. The highest BCUT2D eigenvalue weighted by Crippen LogP contribution is 2.49. The van der Waals surface area contributed by atoms with Gasteiger partial charge in [0.05, 0.1) is 15.6 Å². The molecule has 1 fully saturated rings. The number of nitrogens with zero attached hydrogens (tertiary/aromatic N) is 3. The minimum absolute atomic E-state index is 0.0833. The molecule has 0 aromatic heterocycles.